The van der Waals surface area contributed by atoms with Crippen LogP contribution in [-0.2, 0) is 16.2 Å². The second kappa shape index (κ2) is 11.8. The van der Waals surface area contributed by atoms with E-state index in [-0.39, 0.29) is 28.0 Å². The quantitative estimate of drug-likeness (QED) is 0.265. The van der Waals surface area contributed by atoms with E-state index in [0.717, 1.165) is 16.5 Å². The number of hydrogen-bond acceptors (Lipinski definition) is 5. The molecule has 1 N–H and O–H groups in total. The molecule has 3 aromatic carbocycles. The predicted molar refractivity (Wildman–Crippen MR) is 145 cm³/mol. The molecule has 0 aliphatic carbocycles. The molecule has 37 heavy (non-hydrogen) atoms. The highest BCUT2D eigenvalue weighted by Gasteiger charge is 2.36. The maximum atomic E-state index is 13.3. The lowest BCUT2D eigenvalue weighted by atomic mass is 10.2. The molecule has 3 amide bonds. The van der Waals surface area contributed by atoms with E-state index >= 15 is 0 Å². The highest BCUT2D eigenvalue weighted by molar-refractivity contribution is 9.11. The summed E-state index contributed by atoms with van der Waals surface area (Å²) in [6.45, 7) is -0.303. The number of thioether (sulfide) groups is 1. The van der Waals surface area contributed by atoms with Gasteiger partial charge in [0.05, 0.1) is 18.9 Å². The molecule has 12 heteroatoms. The van der Waals surface area contributed by atoms with Crippen molar-refractivity contribution in [2.24, 2.45) is 0 Å². The van der Waals surface area contributed by atoms with Crippen molar-refractivity contribution in [3.8, 4) is 5.75 Å². The standard InChI is InChI=1S/C25H15Br2ClF2N2O4S/c26-17-7-14(8-18(27)23(17)36-12-13-1-3-15(29)4-2-13)9-21-24(34)32(25(35)37-21)11-22(33)31-16-5-6-20(30)19(28)10-16/h1-10H,11-12H2,(H,31,33)/b21-9+. The summed E-state index contributed by atoms with van der Waals surface area (Å²) in [5.41, 5.74) is 1.61. The van der Waals surface area contributed by atoms with Crippen LogP contribution in [-0.4, -0.2) is 28.5 Å². The molecule has 0 bridgehead atoms. The van der Waals surface area contributed by atoms with Crippen LogP contribution in [0, 0.1) is 11.6 Å². The number of amides is 3. The molecule has 4 rings (SSSR count). The van der Waals surface area contributed by atoms with Gasteiger partial charge < -0.3 is 10.1 Å². The van der Waals surface area contributed by atoms with E-state index < -0.39 is 29.4 Å². The average Bonchev–Trinajstić information content (AvgIpc) is 3.09. The van der Waals surface area contributed by atoms with E-state index in [0.29, 0.717) is 32.0 Å². The van der Waals surface area contributed by atoms with Crippen molar-refractivity contribution in [3.63, 3.8) is 0 Å². The minimum atomic E-state index is -0.639. The molecular formula is C25H15Br2ClF2N2O4S. The molecule has 0 saturated carbocycles. The van der Waals surface area contributed by atoms with Gasteiger partial charge in [-0.3, -0.25) is 19.3 Å². The highest BCUT2D eigenvalue weighted by atomic mass is 79.9. The summed E-state index contributed by atoms with van der Waals surface area (Å²) in [5, 5.41) is 1.71. The van der Waals surface area contributed by atoms with E-state index in [9.17, 15) is 23.2 Å². The minimum absolute atomic E-state index is 0.140. The van der Waals surface area contributed by atoms with Gasteiger partial charge in [-0.05, 0) is 103 Å². The Labute approximate surface area is 236 Å². The van der Waals surface area contributed by atoms with Crippen LogP contribution in [0.1, 0.15) is 11.1 Å². The smallest absolute Gasteiger partial charge is 0.294 e. The molecule has 0 atom stereocenters. The summed E-state index contributed by atoms with van der Waals surface area (Å²) in [5.74, 6) is -1.72. The second-order valence-corrected chi connectivity index (χ2v) is 10.8. The number of halogens is 5. The molecule has 1 aliphatic rings. The SMILES string of the molecule is O=C(CN1C(=O)S/C(=C/c2cc(Br)c(OCc3ccc(F)cc3)c(Br)c2)C1=O)Nc1ccc(F)c(Cl)c1. The molecule has 1 heterocycles. The Balaban J connectivity index is 1.43. The van der Waals surface area contributed by atoms with Crippen molar-refractivity contribution >= 4 is 84.0 Å². The van der Waals surface area contributed by atoms with E-state index in [1.807, 2.05) is 0 Å². The van der Waals surface area contributed by atoms with Gasteiger partial charge in [-0.1, -0.05) is 23.7 Å². The Bertz CT molecular complexity index is 1410. The fraction of sp³-hybridized carbons (Fsp3) is 0.0800. The molecule has 1 saturated heterocycles. The first kappa shape index (κ1) is 27.3. The number of carbonyl (C=O) groups excluding carboxylic acids is 3. The van der Waals surface area contributed by atoms with Crippen molar-refractivity contribution in [3.05, 3.63) is 96.2 Å². The molecule has 6 nitrogen and oxygen atoms in total. The number of anilines is 1. The Kier molecular flexibility index (Phi) is 8.68. The zero-order valence-electron chi connectivity index (χ0n) is 18.6. The van der Waals surface area contributed by atoms with Gasteiger partial charge in [-0.25, -0.2) is 8.78 Å². The van der Waals surface area contributed by atoms with Gasteiger partial charge in [-0.15, -0.1) is 0 Å². The van der Waals surface area contributed by atoms with Crippen molar-refractivity contribution in [1.82, 2.24) is 4.90 Å². The van der Waals surface area contributed by atoms with Crippen LogP contribution < -0.4 is 10.1 Å². The largest absolute Gasteiger partial charge is 0.487 e. The first-order valence-corrected chi connectivity index (χ1v) is 13.3. The van der Waals surface area contributed by atoms with Crippen molar-refractivity contribution in [1.29, 1.82) is 0 Å². The fourth-order valence-electron chi connectivity index (χ4n) is 3.24. The van der Waals surface area contributed by atoms with Gasteiger partial charge in [0.2, 0.25) is 5.91 Å². The number of hydrogen-bond donors (Lipinski definition) is 1. The number of imide groups is 1. The van der Waals surface area contributed by atoms with Gasteiger partial charge in [0.25, 0.3) is 11.1 Å². The third-order valence-electron chi connectivity index (χ3n) is 4.99. The molecule has 1 fully saturated rings. The van der Waals surface area contributed by atoms with E-state index in [2.05, 4.69) is 37.2 Å². The van der Waals surface area contributed by atoms with Crippen LogP contribution in [0.4, 0.5) is 19.3 Å². The van der Waals surface area contributed by atoms with Gasteiger partial charge in [0, 0.05) is 5.69 Å². The molecule has 0 aromatic heterocycles. The number of nitrogens with one attached hydrogen (secondary N) is 1. The summed E-state index contributed by atoms with van der Waals surface area (Å²) < 4.78 is 33.4. The molecule has 3 aromatic rings. The van der Waals surface area contributed by atoms with E-state index in [1.165, 1.54) is 30.3 Å². The molecule has 0 radical (unpaired) electrons. The Morgan fingerprint density at radius 2 is 1.73 bits per heavy atom. The third-order valence-corrected chi connectivity index (χ3v) is 7.37. The highest BCUT2D eigenvalue weighted by Crippen LogP contribution is 2.38. The third kappa shape index (κ3) is 6.78. The van der Waals surface area contributed by atoms with Crippen LogP contribution in [0.15, 0.2) is 68.4 Å². The first-order chi connectivity index (χ1) is 17.6. The van der Waals surface area contributed by atoms with Gasteiger partial charge in [0.15, 0.2) is 0 Å². The Morgan fingerprint density at radius 3 is 2.38 bits per heavy atom. The lowest BCUT2D eigenvalue weighted by Crippen LogP contribution is -2.36. The van der Waals surface area contributed by atoms with E-state index in [4.69, 9.17) is 16.3 Å². The number of nitrogens with zero attached hydrogens (tertiary/aromatic N) is 1. The van der Waals surface area contributed by atoms with Crippen LogP contribution in [0.3, 0.4) is 0 Å². The maximum Gasteiger partial charge on any atom is 0.294 e. The normalized spacial score (nSPS) is 14.4. The number of carbonyl (C=O) groups is 3. The summed E-state index contributed by atoms with van der Waals surface area (Å²) >= 11 is 13.3. The average molecular weight is 673 g/mol. The van der Waals surface area contributed by atoms with E-state index in [1.54, 1.807) is 24.3 Å². The molecule has 0 spiro atoms. The van der Waals surface area contributed by atoms with Gasteiger partial charge in [0.1, 0.15) is 30.5 Å². The topological polar surface area (TPSA) is 75.7 Å². The predicted octanol–water partition coefficient (Wildman–Crippen LogP) is 7.40. The van der Waals surface area contributed by atoms with Crippen molar-refractivity contribution in [2.45, 2.75) is 6.61 Å². The Morgan fingerprint density at radius 1 is 1.05 bits per heavy atom. The van der Waals surface area contributed by atoms with Crippen LogP contribution in [0.2, 0.25) is 5.02 Å². The lowest BCUT2D eigenvalue weighted by Gasteiger charge is -2.13. The van der Waals surface area contributed by atoms with Crippen LogP contribution in [0.25, 0.3) is 6.08 Å². The maximum absolute atomic E-state index is 13.3. The van der Waals surface area contributed by atoms with Crippen molar-refractivity contribution in [2.75, 3.05) is 11.9 Å². The zero-order valence-corrected chi connectivity index (χ0v) is 23.3. The second-order valence-electron chi connectivity index (χ2n) is 7.67. The lowest BCUT2D eigenvalue weighted by molar-refractivity contribution is -0.127. The molecule has 1 aliphatic heterocycles. The van der Waals surface area contributed by atoms with Crippen molar-refractivity contribution < 1.29 is 27.9 Å². The first-order valence-electron chi connectivity index (χ1n) is 10.5. The number of benzene rings is 3. The molecule has 0 unspecified atom stereocenters. The van der Waals surface area contributed by atoms with Crippen LogP contribution in [0.5, 0.6) is 5.75 Å². The fourth-order valence-corrected chi connectivity index (χ4v) is 5.71. The number of rotatable bonds is 7. The molecule has 190 valence electrons. The number of ether oxygens (including phenoxy) is 1. The summed E-state index contributed by atoms with van der Waals surface area (Å²) in [6.07, 6.45) is 1.53. The van der Waals surface area contributed by atoms with Crippen LogP contribution >= 0.6 is 55.2 Å². The summed E-state index contributed by atoms with van der Waals surface area (Å²) in [7, 11) is 0. The monoisotopic (exact) mass is 670 g/mol. The Hall–Kier alpha value is -2.73. The summed E-state index contributed by atoms with van der Waals surface area (Å²) in [6, 6.07) is 13.0. The van der Waals surface area contributed by atoms with Gasteiger partial charge >= 0.3 is 0 Å². The van der Waals surface area contributed by atoms with Gasteiger partial charge in [-0.2, -0.15) is 0 Å². The minimum Gasteiger partial charge on any atom is -0.487 e. The molecular weight excluding hydrogens is 658 g/mol. The zero-order chi connectivity index (χ0) is 26.7. The summed E-state index contributed by atoms with van der Waals surface area (Å²) in [4.78, 5) is 38.6.